The van der Waals surface area contributed by atoms with Crippen LogP contribution in [0.1, 0.15) is 90.0 Å². The molecule has 4 N–H and O–H groups in total. The summed E-state index contributed by atoms with van der Waals surface area (Å²) < 4.78 is 9.57. The Morgan fingerprint density at radius 2 is 1.00 bits per heavy atom. The molecule has 2 aromatic heterocycles. The monoisotopic (exact) mass is 766 g/mol. The number of aromatic amines is 2. The Hall–Kier alpha value is -5.66. The Kier molecular flexibility index (Phi) is 12.8. The predicted octanol–water partition coefficient (Wildman–Crippen LogP) is 7.00. The number of imidazole rings is 2. The fourth-order valence-electron chi connectivity index (χ4n) is 7.81. The number of carbonyl (C=O) groups excluding carboxylic acids is 4. The van der Waals surface area contributed by atoms with E-state index in [0.717, 1.165) is 71.0 Å². The van der Waals surface area contributed by atoms with Crippen LogP contribution in [0.3, 0.4) is 0 Å². The Labute approximate surface area is 328 Å². The Morgan fingerprint density at radius 3 is 1.34 bits per heavy atom. The van der Waals surface area contributed by atoms with Crippen LogP contribution < -0.4 is 10.6 Å². The average molecular weight is 767 g/mol. The average Bonchev–Trinajstić information content (AvgIpc) is 4.03. The van der Waals surface area contributed by atoms with Crippen molar-refractivity contribution in [3.8, 4) is 33.6 Å². The number of aromatic nitrogens is 4. The third kappa shape index (κ3) is 9.23. The van der Waals surface area contributed by atoms with Crippen LogP contribution in [0.2, 0.25) is 0 Å². The number of amides is 4. The zero-order chi connectivity index (χ0) is 39.9. The van der Waals surface area contributed by atoms with Crippen LogP contribution in [-0.4, -0.2) is 93.1 Å². The van der Waals surface area contributed by atoms with Crippen LogP contribution in [-0.2, 0) is 19.1 Å². The molecule has 0 aliphatic carbocycles. The Morgan fingerprint density at radius 1 is 0.643 bits per heavy atom. The highest BCUT2D eigenvalue weighted by atomic mass is 16.5. The van der Waals surface area contributed by atoms with E-state index >= 15 is 0 Å². The molecule has 4 aromatic rings. The molecule has 0 saturated carbocycles. The van der Waals surface area contributed by atoms with E-state index in [1.165, 1.54) is 14.2 Å². The number of methoxy groups -OCH3 is 2. The first-order valence-electron chi connectivity index (χ1n) is 19.6. The third-order valence-electron chi connectivity index (χ3n) is 10.6. The number of likely N-dealkylation sites (tertiary alicyclic amines) is 2. The molecular formula is C42H54N8O6. The number of hydrogen-bond acceptors (Lipinski definition) is 8. The van der Waals surface area contributed by atoms with Crippen molar-refractivity contribution in [2.24, 2.45) is 11.8 Å². The van der Waals surface area contributed by atoms with Gasteiger partial charge in [-0.3, -0.25) is 9.59 Å². The fourth-order valence-corrected chi connectivity index (χ4v) is 7.81. The summed E-state index contributed by atoms with van der Waals surface area (Å²) in [5.41, 5.74) is 5.80. The van der Waals surface area contributed by atoms with Crippen LogP contribution in [0.15, 0.2) is 60.9 Å². The van der Waals surface area contributed by atoms with Crippen molar-refractivity contribution >= 4 is 24.0 Å². The molecule has 0 unspecified atom stereocenters. The summed E-state index contributed by atoms with van der Waals surface area (Å²) in [6.45, 7) is 9.28. The fraction of sp³-hybridized carbons (Fsp3) is 0.476. The number of carbonyl (C=O) groups is 4. The van der Waals surface area contributed by atoms with Gasteiger partial charge in [-0.2, -0.15) is 0 Å². The number of ether oxygens (including phenoxy) is 2. The van der Waals surface area contributed by atoms with Crippen molar-refractivity contribution in [2.75, 3.05) is 27.3 Å². The van der Waals surface area contributed by atoms with E-state index in [2.05, 4.69) is 79.1 Å². The SMILES string of the molecule is COC(=O)N[C@@H](CC(C)C)C(=O)N1CCC[C@@H]1c1ncc(-c2ccc(-c3ccc(-c4cnc([C@H]5CCCN5C(=O)[C@H](CC(C)C)NC(=O)OC)[nH]4)cc3)cc2)[nH]1. The molecule has 14 nitrogen and oxygen atoms in total. The maximum Gasteiger partial charge on any atom is 0.407 e. The normalized spacial score (nSPS) is 17.9. The van der Waals surface area contributed by atoms with Gasteiger partial charge in [0, 0.05) is 13.1 Å². The van der Waals surface area contributed by atoms with Crippen LogP contribution >= 0.6 is 0 Å². The minimum Gasteiger partial charge on any atom is -0.453 e. The lowest BCUT2D eigenvalue weighted by Crippen LogP contribution is -2.49. The first kappa shape index (κ1) is 40.0. The van der Waals surface area contributed by atoms with Gasteiger partial charge < -0.3 is 39.9 Å². The van der Waals surface area contributed by atoms with Gasteiger partial charge in [-0.25, -0.2) is 19.6 Å². The molecule has 2 fully saturated rings. The minimum atomic E-state index is -0.664. The van der Waals surface area contributed by atoms with E-state index in [1.54, 1.807) is 12.4 Å². The number of hydrogen-bond donors (Lipinski definition) is 4. The topological polar surface area (TPSA) is 175 Å². The van der Waals surface area contributed by atoms with Crippen molar-refractivity contribution in [3.05, 3.63) is 72.6 Å². The second-order valence-corrected chi connectivity index (χ2v) is 15.5. The summed E-state index contributed by atoms with van der Waals surface area (Å²) in [6, 6.07) is 14.8. The highest BCUT2D eigenvalue weighted by Gasteiger charge is 2.38. The molecule has 2 aliphatic rings. The smallest absolute Gasteiger partial charge is 0.407 e. The zero-order valence-electron chi connectivity index (χ0n) is 33.1. The number of benzene rings is 2. The molecule has 298 valence electrons. The van der Waals surface area contributed by atoms with E-state index in [4.69, 9.17) is 9.47 Å². The van der Waals surface area contributed by atoms with Crippen molar-refractivity contribution < 1.29 is 28.7 Å². The maximum absolute atomic E-state index is 13.6. The van der Waals surface area contributed by atoms with Crippen molar-refractivity contribution in [1.29, 1.82) is 0 Å². The zero-order valence-corrected chi connectivity index (χ0v) is 33.1. The molecule has 6 rings (SSSR count). The van der Waals surface area contributed by atoms with Gasteiger partial charge in [0.25, 0.3) is 0 Å². The largest absolute Gasteiger partial charge is 0.453 e. The van der Waals surface area contributed by atoms with Gasteiger partial charge >= 0.3 is 12.2 Å². The van der Waals surface area contributed by atoms with E-state index in [-0.39, 0.29) is 35.7 Å². The van der Waals surface area contributed by atoms with Gasteiger partial charge in [0.1, 0.15) is 23.7 Å². The van der Waals surface area contributed by atoms with Crippen LogP contribution in [0.5, 0.6) is 0 Å². The molecular weight excluding hydrogens is 713 g/mol. The van der Waals surface area contributed by atoms with Crippen molar-refractivity contribution in [1.82, 2.24) is 40.4 Å². The lowest BCUT2D eigenvalue weighted by molar-refractivity contribution is -0.135. The summed E-state index contributed by atoms with van der Waals surface area (Å²) >= 11 is 0. The van der Waals surface area contributed by atoms with Gasteiger partial charge in [-0.15, -0.1) is 0 Å². The second-order valence-electron chi connectivity index (χ2n) is 15.5. The van der Waals surface area contributed by atoms with Crippen LogP contribution in [0.25, 0.3) is 33.6 Å². The first-order chi connectivity index (χ1) is 26.9. The molecule has 2 saturated heterocycles. The van der Waals surface area contributed by atoms with Crippen LogP contribution in [0, 0.1) is 11.8 Å². The van der Waals surface area contributed by atoms with E-state index < -0.39 is 24.3 Å². The third-order valence-corrected chi connectivity index (χ3v) is 10.6. The highest BCUT2D eigenvalue weighted by molar-refractivity contribution is 5.87. The summed E-state index contributed by atoms with van der Waals surface area (Å²) in [5, 5.41) is 5.45. The van der Waals surface area contributed by atoms with Crippen LogP contribution in [0.4, 0.5) is 9.59 Å². The van der Waals surface area contributed by atoms with Gasteiger partial charge in [0.2, 0.25) is 11.8 Å². The quantitative estimate of drug-likeness (QED) is 0.113. The second kappa shape index (κ2) is 17.9. The number of H-pyrrole nitrogens is 2. The summed E-state index contributed by atoms with van der Waals surface area (Å²) in [5.74, 6) is 1.64. The molecule has 0 radical (unpaired) electrons. The molecule has 2 aromatic carbocycles. The molecule has 0 bridgehead atoms. The molecule has 4 amide bonds. The molecule has 56 heavy (non-hydrogen) atoms. The van der Waals surface area contributed by atoms with Gasteiger partial charge in [-0.1, -0.05) is 76.2 Å². The van der Waals surface area contributed by atoms with E-state index in [0.29, 0.717) is 25.9 Å². The molecule has 4 atom stereocenters. The van der Waals surface area contributed by atoms with E-state index in [9.17, 15) is 19.2 Å². The van der Waals surface area contributed by atoms with Gasteiger partial charge in [0.15, 0.2) is 0 Å². The molecule has 4 heterocycles. The van der Waals surface area contributed by atoms with Gasteiger partial charge in [-0.05, 0) is 72.6 Å². The molecule has 14 heteroatoms. The summed E-state index contributed by atoms with van der Waals surface area (Å²) in [7, 11) is 2.60. The highest BCUT2D eigenvalue weighted by Crippen LogP contribution is 2.35. The predicted molar refractivity (Wildman–Crippen MR) is 212 cm³/mol. The van der Waals surface area contributed by atoms with Crippen molar-refractivity contribution in [2.45, 2.75) is 90.4 Å². The number of nitrogens with zero attached hydrogens (tertiary/aromatic N) is 4. The standard InChI is InChI=1S/C42H54N8O6/c1-25(2)21-31(47-41(53)55-5)39(51)49-19-7-9-35(49)37-43-23-33(45-37)29-15-11-27(12-16-29)28-13-17-30(18-14-28)34-24-44-38(46-34)36-10-8-20-50(36)40(52)32(22-26(3)4)48-42(54)56-6/h11-18,23-26,31-32,35-36H,7-10,19-22H2,1-6H3,(H,43,45)(H,44,46)(H,47,53)(H,48,54)/t31-,32-,35+,36+/m0/s1. The minimum absolute atomic E-state index is 0.123. The lowest BCUT2D eigenvalue weighted by atomic mass is 10.0. The van der Waals surface area contributed by atoms with Gasteiger partial charge in [0.05, 0.1) is 50.1 Å². The lowest BCUT2D eigenvalue weighted by Gasteiger charge is -2.29. The number of alkyl carbamates (subject to hydrolysis) is 2. The van der Waals surface area contributed by atoms with E-state index in [1.807, 2.05) is 37.5 Å². The summed E-state index contributed by atoms with van der Waals surface area (Å²) in [4.78, 5) is 71.2. The Bertz CT molecular complexity index is 1830. The molecule has 2 aliphatic heterocycles. The van der Waals surface area contributed by atoms with Crippen molar-refractivity contribution in [3.63, 3.8) is 0 Å². The molecule has 0 spiro atoms. The first-order valence-corrected chi connectivity index (χ1v) is 19.6. The number of rotatable bonds is 13. The summed E-state index contributed by atoms with van der Waals surface area (Å²) in [6.07, 6.45) is 6.69. The Balaban J connectivity index is 1.10. The number of nitrogens with one attached hydrogen (secondary N) is 4. The maximum atomic E-state index is 13.6.